The van der Waals surface area contributed by atoms with Gasteiger partial charge in [-0.15, -0.1) is 0 Å². The second-order valence-electron chi connectivity index (χ2n) is 6.02. The molecule has 0 amide bonds. The molecule has 0 spiro atoms. The van der Waals surface area contributed by atoms with E-state index in [0.717, 1.165) is 0 Å². The largest absolute Gasteiger partial charge is 0.512 e. The average molecular weight is 303 g/mol. The predicted octanol–water partition coefficient (Wildman–Crippen LogP) is 5.55. The number of nitrogens with zero attached hydrogens (tertiary/aromatic N) is 2. The van der Waals surface area contributed by atoms with E-state index in [9.17, 15) is 0 Å². The number of pyridine rings is 1. The second kappa shape index (κ2) is 16.0. The molecule has 2 heteroatoms. The van der Waals surface area contributed by atoms with E-state index in [1.807, 2.05) is 0 Å². The Morgan fingerprint density at radius 2 is 1.27 bits per heavy atom. The van der Waals surface area contributed by atoms with E-state index in [1.165, 1.54) is 82.7 Å². The Kier molecular flexibility index (Phi) is 15.0. The zero-order valence-corrected chi connectivity index (χ0v) is 14.7. The normalized spacial score (nSPS) is 10.0. The quantitative estimate of drug-likeness (QED) is 0.282. The second-order valence-corrected chi connectivity index (χ2v) is 6.02. The molecule has 0 aliphatic heterocycles. The maximum Gasteiger partial charge on any atom is 0.169 e. The van der Waals surface area contributed by atoms with Gasteiger partial charge in [0.1, 0.15) is 6.54 Å². The molecule has 0 N–H and O–H groups in total. The monoisotopic (exact) mass is 302 g/mol. The number of aromatic nitrogens is 1. The molecule has 0 aromatic carbocycles. The van der Waals surface area contributed by atoms with E-state index in [4.69, 9.17) is 11.8 Å². The van der Waals surface area contributed by atoms with Crippen molar-refractivity contribution in [3.05, 3.63) is 36.7 Å². The number of hydrogen-bond acceptors (Lipinski definition) is 1. The highest BCUT2D eigenvalue weighted by Crippen LogP contribution is 2.08. The molecule has 0 fully saturated rings. The predicted molar refractivity (Wildman–Crippen MR) is 92.8 cm³/mol. The first-order valence-electron chi connectivity index (χ1n) is 9.07. The van der Waals surface area contributed by atoms with Crippen molar-refractivity contribution < 1.29 is 4.57 Å². The first-order valence-corrected chi connectivity index (χ1v) is 9.07. The lowest BCUT2D eigenvalue weighted by molar-refractivity contribution is -0.697. The minimum Gasteiger partial charge on any atom is -0.512 e. The van der Waals surface area contributed by atoms with Crippen molar-refractivity contribution in [1.82, 2.24) is 0 Å². The first kappa shape index (κ1) is 20.6. The molecule has 0 bridgehead atoms. The minimum atomic E-state index is 1.18. The van der Waals surface area contributed by atoms with Gasteiger partial charge in [0.15, 0.2) is 12.4 Å². The Labute approximate surface area is 138 Å². The third kappa shape index (κ3) is 11.3. The van der Waals surface area contributed by atoms with Gasteiger partial charge in [-0.05, 0) is 24.8 Å². The van der Waals surface area contributed by atoms with Crippen LogP contribution in [0, 0.1) is 11.8 Å². The summed E-state index contributed by atoms with van der Waals surface area (Å²) in [6.07, 6.45) is 19.5. The van der Waals surface area contributed by atoms with E-state index < -0.39 is 0 Å². The van der Waals surface area contributed by atoms with E-state index in [1.54, 1.807) is 0 Å². The molecule has 1 rings (SSSR count). The van der Waals surface area contributed by atoms with Crippen molar-refractivity contribution in [3.8, 4) is 0 Å². The number of unbranched alkanes of at least 4 members (excludes halogenated alkanes) is 8. The molecule has 0 aliphatic carbocycles. The van der Waals surface area contributed by atoms with E-state index >= 15 is 0 Å². The third-order valence-electron chi connectivity index (χ3n) is 4.05. The van der Waals surface area contributed by atoms with Crippen molar-refractivity contribution in [1.29, 1.82) is 5.26 Å². The van der Waals surface area contributed by atoms with Gasteiger partial charge in [0, 0.05) is 18.6 Å². The smallest absolute Gasteiger partial charge is 0.169 e. The van der Waals surface area contributed by atoms with Crippen LogP contribution in [0.25, 0.3) is 0 Å². The molecular formula is C20H34N2. The summed E-state index contributed by atoms with van der Waals surface area (Å²) in [5.41, 5.74) is 1.49. The molecule has 0 aliphatic rings. The molecule has 0 radical (unpaired) electrons. The summed E-state index contributed by atoms with van der Waals surface area (Å²) < 4.78 is 2.34. The highest BCUT2D eigenvalue weighted by atomic mass is 14.9. The maximum atomic E-state index is 6.25. The fraction of sp³-hybridized carbons (Fsp3) is 0.700. The number of aryl methyl sites for hydroxylation is 2. The van der Waals surface area contributed by atoms with Gasteiger partial charge in [0.2, 0.25) is 0 Å². The molecule has 1 aromatic rings. The highest BCUT2D eigenvalue weighted by molar-refractivity contribution is 5.06. The highest BCUT2D eigenvalue weighted by Gasteiger charge is 2.01. The van der Waals surface area contributed by atoms with Gasteiger partial charge >= 0.3 is 0 Å². The fourth-order valence-electron chi connectivity index (χ4n) is 2.61. The van der Waals surface area contributed by atoms with E-state index in [0.29, 0.717) is 0 Å². The van der Waals surface area contributed by atoms with Gasteiger partial charge < -0.3 is 11.8 Å². The van der Waals surface area contributed by atoms with Crippen LogP contribution in [0.2, 0.25) is 0 Å². The molecule has 0 saturated carbocycles. The Bertz CT molecular complexity index is 354. The van der Waals surface area contributed by atoms with Crippen molar-refractivity contribution in [2.45, 2.75) is 91.0 Å². The van der Waals surface area contributed by atoms with Crippen LogP contribution in [0.4, 0.5) is 0 Å². The van der Waals surface area contributed by atoms with Gasteiger partial charge in [0.05, 0.1) is 0 Å². The fourth-order valence-corrected chi connectivity index (χ4v) is 2.61. The van der Waals surface area contributed by atoms with Gasteiger partial charge in [-0.3, -0.25) is 0 Å². The van der Waals surface area contributed by atoms with Crippen LogP contribution in [0.1, 0.15) is 83.6 Å². The lowest BCUT2D eigenvalue weighted by atomic mass is 10.1. The standard InChI is InChI=1S/C19H34N.CN/c1-3-5-7-8-9-10-11-12-16-20-17-14-19(15-18-20)13-6-4-2;1-2/h14-15,17-18H,3-13,16H2,1-2H3;/q+1;-1. The average Bonchev–Trinajstić information content (AvgIpc) is 2.58. The summed E-state index contributed by atoms with van der Waals surface area (Å²) in [5.74, 6) is 0. The Balaban J connectivity index is 0.00000211. The van der Waals surface area contributed by atoms with Crippen LogP contribution < -0.4 is 4.57 Å². The van der Waals surface area contributed by atoms with Crippen LogP contribution in [-0.2, 0) is 13.0 Å². The maximum absolute atomic E-state index is 6.25. The molecule has 1 aromatic heterocycles. The van der Waals surface area contributed by atoms with Gasteiger partial charge in [-0.2, -0.15) is 0 Å². The van der Waals surface area contributed by atoms with Gasteiger partial charge in [0.25, 0.3) is 0 Å². The molecule has 0 unspecified atom stereocenters. The summed E-state index contributed by atoms with van der Waals surface area (Å²) >= 11 is 0. The van der Waals surface area contributed by atoms with Crippen molar-refractivity contribution in [3.63, 3.8) is 0 Å². The lowest BCUT2D eigenvalue weighted by Crippen LogP contribution is -2.32. The molecule has 22 heavy (non-hydrogen) atoms. The van der Waals surface area contributed by atoms with Gasteiger partial charge in [-0.1, -0.05) is 58.8 Å². The Morgan fingerprint density at radius 1 is 0.773 bits per heavy atom. The van der Waals surface area contributed by atoms with Crippen LogP contribution in [-0.4, -0.2) is 0 Å². The molecule has 1 heterocycles. The van der Waals surface area contributed by atoms with Crippen molar-refractivity contribution >= 4 is 0 Å². The summed E-state index contributed by atoms with van der Waals surface area (Å²) in [4.78, 5) is 0. The molecule has 124 valence electrons. The van der Waals surface area contributed by atoms with Crippen LogP contribution in [0.15, 0.2) is 24.5 Å². The summed E-state index contributed by atoms with van der Waals surface area (Å²) in [5, 5.41) is 6.25. The topological polar surface area (TPSA) is 27.7 Å². The van der Waals surface area contributed by atoms with Crippen LogP contribution in [0.3, 0.4) is 0 Å². The van der Waals surface area contributed by atoms with Crippen molar-refractivity contribution in [2.24, 2.45) is 0 Å². The van der Waals surface area contributed by atoms with Crippen LogP contribution in [0.5, 0.6) is 0 Å². The van der Waals surface area contributed by atoms with E-state index in [-0.39, 0.29) is 0 Å². The number of hydrogen-bond donors (Lipinski definition) is 0. The van der Waals surface area contributed by atoms with Crippen LogP contribution >= 0.6 is 0 Å². The minimum absolute atomic E-state index is 1.18. The number of rotatable bonds is 12. The van der Waals surface area contributed by atoms with Crippen molar-refractivity contribution in [2.75, 3.05) is 0 Å². The molecular weight excluding hydrogens is 268 g/mol. The van der Waals surface area contributed by atoms with E-state index in [2.05, 4.69) is 42.9 Å². The molecule has 0 saturated heterocycles. The SMILES string of the molecule is CCCCCCCCCC[n+]1ccc(CCCC)cc1.[C-]#N. The Hall–Kier alpha value is -1.36. The molecule has 2 nitrogen and oxygen atoms in total. The molecule has 0 atom stereocenters. The summed E-state index contributed by atoms with van der Waals surface area (Å²) in [6, 6.07) is 4.58. The Morgan fingerprint density at radius 3 is 1.82 bits per heavy atom. The zero-order chi connectivity index (χ0) is 16.5. The third-order valence-corrected chi connectivity index (χ3v) is 4.05. The lowest BCUT2D eigenvalue weighted by Gasteiger charge is -2.01. The summed E-state index contributed by atoms with van der Waals surface area (Å²) in [7, 11) is 0. The zero-order valence-electron chi connectivity index (χ0n) is 14.7. The first-order chi connectivity index (χ1) is 10.9. The summed E-state index contributed by atoms with van der Waals surface area (Å²) in [6.45, 7) is 10.5. The van der Waals surface area contributed by atoms with Gasteiger partial charge in [-0.25, -0.2) is 4.57 Å².